The first-order valence-corrected chi connectivity index (χ1v) is 7.38. The lowest BCUT2D eigenvalue weighted by Crippen LogP contribution is -2.24. The Bertz CT molecular complexity index is 527. The van der Waals surface area contributed by atoms with Gasteiger partial charge >= 0.3 is 0 Å². The Balaban J connectivity index is 3.05. The second-order valence-electron chi connectivity index (χ2n) is 3.74. The SMILES string of the molecule is CCS(=O)(=O)NCc1cc(OC)c(OC)cc1OC. The van der Waals surface area contributed by atoms with Gasteiger partial charge in [0.2, 0.25) is 10.0 Å². The van der Waals surface area contributed by atoms with Crippen molar-refractivity contribution in [1.29, 1.82) is 0 Å². The summed E-state index contributed by atoms with van der Waals surface area (Å²) >= 11 is 0. The summed E-state index contributed by atoms with van der Waals surface area (Å²) in [7, 11) is 1.30. The molecule has 1 aromatic rings. The zero-order valence-electron chi connectivity index (χ0n) is 11.5. The highest BCUT2D eigenvalue weighted by molar-refractivity contribution is 7.89. The number of benzene rings is 1. The predicted molar refractivity (Wildman–Crippen MR) is 72.4 cm³/mol. The molecule has 1 rings (SSSR count). The van der Waals surface area contributed by atoms with Crippen molar-refractivity contribution in [2.45, 2.75) is 13.5 Å². The Labute approximate surface area is 113 Å². The van der Waals surface area contributed by atoms with Crippen molar-refractivity contribution in [1.82, 2.24) is 4.72 Å². The third-order valence-corrected chi connectivity index (χ3v) is 3.99. The Hall–Kier alpha value is -1.47. The summed E-state index contributed by atoms with van der Waals surface area (Å²) in [5.74, 6) is 1.62. The first-order valence-electron chi connectivity index (χ1n) is 5.73. The molecule has 0 aliphatic carbocycles. The van der Waals surface area contributed by atoms with Crippen molar-refractivity contribution in [2.75, 3.05) is 27.1 Å². The van der Waals surface area contributed by atoms with Crippen LogP contribution < -0.4 is 18.9 Å². The van der Waals surface area contributed by atoms with Gasteiger partial charge in [-0.3, -0.25) is 0 Å². The smallest absolute Gasteiger partial charge is 0.211 e. The summed E-state index contributed by atoms with van der Waals surface area (Å²) in [5.41, 5.74) is 0.678. The van der Waals surface area contributed by atoms with Crippen LogP contribution in [0.1, 0.15) is 12.5 Å². The summed E-state index contributed by atoms with van der Waals surface area (Å²) < 4.78 is 40.9. The number of methoxy groups -OCH3 is 3. The second-order valence-corrected chi connectivity index (χ2v) is 5.84. The molecule has 0 radical (unpaired) electrons. The largest absolute Gasteiger partial charge is 0.496 e. The molecule has 0 amide bonds. The predicted octanol–water partition coefficient (Wildman–Crippen LogP) is 1.15. The highest BCUT2D eigenvalue weighted by atomic mass is 32.2. The van der Waals surface area contributed by atoms with Gasteiger partial charge in [0.1, 0.15) is 5.75 Å². The van der Waals surface area contributed by atoms with Crippen molar-refractivity contribution < 1.29 is 22.6 Å². The van der Waals surface area contributed by atoms with Gasteiger partial charge in [-0.15, -0.1) is 0 Å². The van der Waals surface area contributed by atoms with Gasteiger partial charge in [-0.05, 0) is 13.0 Å². The van der Waals surface area contributed by atoms with Crippen molar-refractivity contribution in [3.63, 3.8) is 0 Å². The second kappa shape index (κ2) is 6.63. The lowest BCUT2D eigenvalue weighted by molar-refractivity contribution is 0.347. The molecular formula is C12H19NO5S. The average Bonchev–Trinajstić information content (AvgIpc) is 2.44. The van der Waals surface area contributed by atoms with Crippen LogP contribution in [0, 0.1) is 0 Å². The van der Waals surface area contributed by atoms with Crippen LogP contribution in [-0.2, 0) is 16.6 Å². The molecule has 7 heteroatoms. The molecule has 0 fully saturated rings. The molecule has 0 heterocycles. The lowest BCUT2D eigenvalue weighted by atomic mass is 10.1. The summed E-state index contributed by atoms with van der Waals surface area (Å²) in [6.45, 7) is 1.72. The number of ether oxygens (including phenoxy) is 3. The van der Waals surface area contributed by atoms with Gasteiger partial charge in [0.25, 0.3) is 0 Å². The Morgan fingerprint density at radius 3 is 2.00 bits per heavy atom. The lowest BCUT2D eigenvalue weighted by Gasteiger charge is -2.14. The average molecular weight is 289 g/mol. The molecule has 0 aliphatic heterocycles. The van der Waals surface area contributed by atoms with Crippen LogP contribution in [0.15, 0.2) is 12.1 Å². The van der Waals surface area contributed by atoms with Crippen molar-refractivity contribution in [3.05, 3.63) is 17.7 Å². The molecule has 0 spiro atoms. The topological polar surface area (TPSA) is 73.9 Å². The number of hydrogen-bond acceptors (Lipinski definition) is 5. The maximum Gasteiger partial charge on any atom is 0.211 e. The van der Waals surface area contributed by atoms with Gasteiger partial charge in [0, 0.05) is 18.2 Å². The standard InChI is InChI=1S/C12H19NO5S/c1-5-19(14,15)13-8-9-6-11(17-3)12(18-4)7-10(9)16-2/h6-7,13H,5,8H2,1-4H3. The van der Waals surface area contributed by atoms with E-state index >= 15 is 0 Å². The van der Waals surface area contributed by atoms with E-state index in [2.05, 4.69) is 4.72 Å². The molecule has 0 unspecified atom stereocenters. The summed E-state index contributed by atoms with van der Waals surface area (Å²) in [5, 5.41) is 0. The molecule has 0 saturated carbocycles. The van der Waals surface area contributed by atoms with Crippen LogP contribution in [0.5, 0.6) is 17.2 Å². The minimum atomic E-state index is -3.26. The van der Waals surface area contributed by atoms with E-state index in [0.717, 1.165) is 0 Å². The fourth-order valence-corrected chi connectivity index (χ4v) is 2.10. The van der Waals surface area contributed by atoms with Crippen LogP contribution in [0.3, 0.4) is 0 Å². The number of nitrogens with one attached hydrogen (secondary N) is 1. The van der Waals surface area contributed by atoms with Crippen LogP contribution in [-0.4, -0.2) is 35.5 Å². The fourth-order valence-electron chi connectivity index (χ4n) is 1.52. The Morgan fingerprint density at radius 1 is 1.00 bits per heavy atom. The first-order chi connectivity index (χ1) is 8.97. The quantitative estimate of drug-likeness (QED) is 0.815. The molecular weight excluding hydrogens is 270 g/mol. The van der Waals surface area contributed by atoms with Crippen LogP contribution in [0.4, 0.5) is 0 Å². The molecule has 6 nitrogen and oxygen atoms in total. The molecule has 108 valence electrons. The van der Waals surface area contributed by atoms with Gasteiger partial charge < -0.3 is 14.2 Å². The Morgan fingerprint density at radius 2 is 1.53 bits per heavy atom. The van der Waals surface area contributed by atoms with E-state index < -0.39 is 10.0 Å². The molecule has 0 aromatic heterocycles. The maximum atomic E-state index is 11.4. The molecule has 0 aliphatic rings. The number of rotatable bonds is 7. The third kappa shape index (κ3) is 4.00. The van der Waals surface area contributed by atoms with E-state index in [1.807, 2.05) is 0 Å². The number of sulfonamides is 1. The molecule has 19 heavy (non-hydrogen) atoms. The van der Waals surface area contributed by atoms with Gasteiger partial charge in [0.15, 0.2) is 11.5 Å². The maximum absolute atomic E-state index is 11.4. The van der Waals surface area contributed by atoms with Crippen LogP contribution in [0.2, 0.25) is 0 Å². The molecule has 0 saturated heterocycles. The highest BCUT2D eigenvalue weighted by Crippen LogP contribution is 2.34. The van der Waals surface area contributed by atoms with Gasteiger partial charge in [0.05, 0.1) is 27.1 Å². The first kappa shape index (κ1) is 15.6. The van der Waals surface area contributed by atoms with Crippen molar-refractivity contribution in [2.24, 2.45) is 0 Å². The summed E-state index contributed by atoms with van der Waals surface area (Å²) in [6, 6.07) is 3.35. The van der Waals surface area contributed by atoms with Crippen molar-refractivity contribution in [3.8, 4) is 17.2 Å². The van der Waals surface area contributed by atoms with E-state index in [-0.39, 0.29) is 12.3 Å². The van der Waals surface area contributed by atoms with Crippen molar-refractivity contribution >= 4 is 10.0 Å². The van der Waals surface area contributed by atoms with Crippen LogP contribution >= 0.6 is 0 Å². The van der Waals surface area contributed by atoms with Gasteiger partial charge in [-0.25, -0.2) is 13.1 Å². The van der Waals surface area contributed by atoms with E-state index in [0.29, 0.717) is 22.8 Å². The highest BCUT2D eigenvalue weighted by Gasteiger charge is 2.14. The fraction of sp³-hybridized carbons (Fsp3) is 0.500. The van der Waals surface area contributed by atoms with E-state index in [1.165, 1.54) is 21.3 Å². The molecule has 1 aromatic carbocycles. The monoisotopic (exact) mass is 289 g/mol. The molecule has 0 atom stereocenters. The van der Waals surface area contributed by atoms with Gasteiger partial charge in [-0.2, -0.15) is 0 Å². The van der Waals surface area contributed by atoms with E-state index in [4.69, 9.17) is 14.2 Å². The summed E-state index contributed by atoms with van der Waals surface area (Å²) in [4.78, 5) is 0. The third-order valence-electron chi connectivity index (χ3n) is 2.65. The molecule has 0 bridgehead atoms. The zero-order chi connectivity index (χ0) is 14.5. The summed E-state index contributed by atoms with van der Waals surface area (Å²) in [6.07, 6.45) is 0. The van der Waals surface area contributed by atoms with E-state index in [9.17, 15) is 8.42 Å². The van der Waals surface area contributed by atoms with E-state index in [1.54, 1.807) is 19.1 Å². The number of hydrogen-bond donors (Lipinski definition) is 1. The minimum Gasteiger partial charge on any atom is -0.496 e. The Kier molecular flexibility index (Phi) is 5.44. The normalized spacial score (nSPS) is 11.2. The molecule has 1 N–H and O–H groups in total. The van der Waals surface area contributed by atoms with Gasteiger partial charge in [-0.1, -0.05) is 0 Å². The van der Waals surface area contributed by atoms with Crippen LogP contribution in [0.25, 0.3) is 0 Å². The minimum absolute atomic E-state index is 0.0304. The zero-order valence-corrected chi connectivity index (χ0v) is 12.3.